The van der Waals surface area contributed by atoms with Gasteiger partial charge in [-0.15, -0.1) is 10.2 Å². The Morgan fingerprint density at radius 2 is 2.04 bits per heavy atom. The van der Waals surface area contributed by atoms with Gasteiger partial charge in [-0.1, -0.05) is 59.9 Å². The highest BCUT2D eigenvalue weighted by atomic mass is 32.2. The van der Waals surface area contributed by atoms with Crippen molar-refractivity contribution in [2.75, 3.05) is 11.9 Å². The molecule has 1 heterocycles. The Morgan fingerprint density at radius 1 is 1.30 bits per heavy atom. The van der Waals surface area contributed by atoms with Crippen molar-refractivity contribution in [3.63, 3.8) is 0 Å². The highest BCUT2D eigenvalue weighted by Crippen LogP contribution is 2.28. The first-order valence-electron chi connectivity index (χ1n) is 7.65. The van der Waals surface area contributed by atoms with E-state index in [9.17, 15) is 4.79 Å². The summed E-state index contributed by atoms with van der Waals surface area (Å²) in [5.41, 5.74) is 2.32. The lowest BCUT2D eigenvalue weighted by Gasteiger charge is -2.10. The number of carbonyl (C=O) groups is 1. The summed E-state index contributed by atoms with van der Waals surface area (Å²) in [6.45, 7) is 7.46. The maximum absolute atomic E-state index is 12.2. The van der Waals surface area contributed by atoms with Crippen LogP contribution < -0.4 is 10.6 Å². The van der Waals surface area contributed by atoms with Gasteiger partial charge in [0.25, 0.3) is 0 Å². The van der Waals surface area contributed by atoms with Crippen LogP contribution in [-0.2, 0) is 11.3 Å². The molecular formula is C16H22N4OS2. The molecule has 0 bridgehead atoms. The zero-order valence-corrected chi connectivity index (χ0v) is 15.3. The number of carbonyl (C=O) groups excluding carboxylic acids is 1. The van der Waals surface area contributed by atoms with E-state index < -0.39 is 0 Å². The van der Waals surface area contributed by atoms with Gasteiger partial charge in [-0.2, -0.15) is 0 Å². The van der Waals surface area contributed by atoms with E-state index in [1.807, 2.05) is 38.1 Å². The number of rotatable bonds is 8. The van der Waals surface area contributed by atoms with Crippen molar-refractivity contribution in [1.29, 1.82) is 0 Å². The monoisotopic (exact) mass is 350 g/mol. The fraction of sp³-hybridized carbons (Fsp3) is 0.438. The van der Waals surface area contributed by atoms with Crippen LogP contribution in [0.3, 0.4) is 0 Å². The van der Waals surface area contributed by atoms with E-state index in [2.05, 4.69) is 27.8 Å². The van der Waals surface area contributed by atoms with E-state index in [4.69, 9.17) is 0 Å². The lowest BCUT2D eigenvalue weighted by Crippen LogP contribution is -2.30. The Labute approximate surface area is 145 Å². The third-order valence-electron chi connectivity index (χ3n) is 3.17. The van der Waals surface area contributed by atoms with Crippen LogP contribution in [-0.4, -0.2) is 27.9 Å². The van der Waals surface area contributed by atoms with Gasteiger partial charge in [0.15, 0.2) is 4.34 Å². The van der Waals surface area contributed by atoms with Crippen molar-refractivity contribution >= 4 is 34.1 Å². The number of benzene rings is 1. The van der Waals surface area contributed by atoms with Gasteiger partial charge in [0, 0.05) is 13.1 Å². The van der Waals surface area contributed by atoms with E-state index in [0.717, 1.165) is 28.0 Å². The average molecular weight is 351 g/mol. The highest BCUT2D eigenvalue weighted by molar-refractivity contribution is 8.02. The van der Waals surface area contributed by atoms with Gasteiger partial charge in [0.2, 0.25) is 11.0 Å². The molecule has 0 spiro atoms. The molecule has 1 aromatic carbocycles. The van der Waals surface area contributed by atoms with E-state index in [1.165, 1.54) is 28.7 Å². The van der Waals surface area contributed by atoms with Crippen LogP contribution >= 0.6 is 23.1 Å². The first-order valence-corrected chi connectivity index (χ1v) is 9.35. The van der Waals surface area contributed by atoms with Crippen LogP contribution in [0, 0.1) is 6.92 Å². The number of aryl methyl sites for hydroxylation is 1. The zero-order chi connectivity index (χ0) is 16.7. The summed E-state index contributed by atoms with van der Waals surface area (Å²) in [5.74, 6) is 0.00819. The van der Waals surface area contributed by atoms with Crippen molar-refractivity contribution in [1.82, 2.24) is 15.5 Å². The molecule has 0 aliphatic carbocycles. The quantitative estimate of drug-likeness (QED) is 0.714. The second kappa shape index (κ2) is 8.88. The minimum Gasteiger partial charge on any atom is -0.360 e. The molecule has 0 radical (unpaired) electrons. The number of hydrogen-bond acceptors (Lipinski definition) is 6. The Bertz CT molecular complexity index is 627. The van der Waals surface area contributed by atoms with Crippen LogP contribution in [0.25, 0.3) is 0 Å². The summed E-state index contributed by atoms with van der Waals surface area (Å²) in [6, 6.07) is 8.16. The number of anilines is 1. The Balaban J connectivity index is 1.80. The standard InChI is InChI=1S/C16H22N4OS2/c1-4-9-17-15-19-20-16(23-15)22-12(3)14(21)18-10-13-7-5-11(2)6-8-13/h5-8,12H,4,9-10H2,1-3H3,(H,17,19)(H,18,21)/t12-/m0/s1. The number of nitrogens with zero attached hydrogens (tertiary/aromatic N) is 2. The molecule has 2 aromatic rings. The van der Waals surface area contributed by atoms with Gasteiger partial charge in [-0.05, 0) is 25.8 Å². The fourth-order valence-corrected chi connectivity index (χ4v) is 3.75. The number of aromatic nitrogens is 2. The molecule has 2 rings (SSSR count). The third-order valence-corrected chi connectivity index (χ3v) is 5.23. The van der Waals surface area contributed by atoms with Crippen molar-refractivity contribution in [3.05, 3.63) is 35.4 Å². The van der Waals surface area contributed by atoms with E-state index in [0.29, 0.717) is 6.54 Å². The number of hydrogen-bond donors (Lipinski definition) is 2. The lowest BCUT2D eigenvalue weighted by molar-refractivity contribution is -0.120. The zero-order valence-electron chi connectivity index (χ0n) is 13.6. The lowest BCUT2D eigenvalue weighted by atomic mass is 10.1. The molecule has 1 amide bonds. The SMILES string of the molecule is CCCNc1nnc(S[C@@H](C)C(=O)NCc2ccc(C)cc2)s1. The van der Waals surface area contributed by atoms with Crippen LogP contribution in [0.2, 0.25) is 0 Å². The van der Waals surface area contributed by atoms with Crippen LogP contribution in [0.15, 0.2) is 28.6 Å². The second-order valence-electron chi connectivity index (χ2n) is 5.26. The number of amides is 1. The molecular weight excluding hydrogens is 328 g/mol. The average Bonchev–Trinajstić information content (AvgIpc) is 2.99. The summed E-state index contributed by atoms with van der Waals surface area (Å²) < 4.78 is 0.807. The molecule has 0 unspecified atom stereocenters. The summed E-state index contributed by atoms with van der Waals surface area (Å²) in [4.78, 5) is 12.2. The van der Waals surface area contributed by atoms with Gasteiger partial charge < -0.3 is 10.6 Å². The van der Waals surface area contributed by atoms with Gasteiger partial charge in [0.05, 0.1) is 5.25 Å². The molecule has 23 heavy (non-hydrogen) atoms. The summed E-state index contributed by atoms with van der Waals surface area (Å²) >= 11 is 2.92. The highest BCUT2D eigenvalue weighted by Gasteiger charge is 2.16. The minimum atomic E-state index is -0.201. The predicted octanol–water partition coefficient (Wildman–Crippen LogP) is 3.47. The topological polar surface area (TPSA) is 66.9 Å². The molecule has 0 fully saturated rings. The Morgan fingerprint density at radius 3 is 2.74 bits per heavy atom. The van der Waals surface area contributed by atoms with E-state index in [-0.39, 0.29) is 11.2 Å². The maximum Gasteiger partial charge on any atom is 0.233 e. The van der Waals surface area contributed by atoms with Gasteiger partial charge in [0.1, 0.15) is 0 Å². The number of nitrogens with one attached hydrogen (secondary N) is 2. The molecule has 0 aliphatic rings. The largest absolute Gasteiger partial charge is 0.360 e. The van der Waals surface area contributed by atoms with Crippen molar-refractivity contribution in [3.8, 4) is 0 Å². The van der Waals surface area contributed by atoms with E-state index in [1.54, 1.807) is 0 Å². The molecule has 1 atom stereocenters. The van der Waals surface area contributed by atoms with Crippen molar-refractivity contribution < 1.29 is 4.79 Å². The molecule has 7 heteroatoms. The first-order chi connectivity index (χ1) is 11.1. The smallest absolute Gasteiger partial charge is 0.233 e. The minimum absolute atomic E-state index is 0.00819. The van der Waals surface area contributed by atoms with Crippen LogP contribution in [0.4, 0.5) is 5.13 Å². The normalized spacial score (nSPS) is 12.0. The van der Waals surface area contributed by atoms with Gasteiger partial charge in [-0.3, -0.25) is 4.79 Å². The molecule has 1 aromatic heterocycles. The molecule has 5 nitrogen and oxygen atoms in total. The molecule has 0 aliphatic heterocycles. The van der Waals surface area contributed by atoms with Gasteiger partial charge in [-0.25, -0.2) is 0 Å². The summed E-state index contributed by atoms with van der Waals surface area (Å²) in [7, 11) is 0. The third kappa shape index (κ3) is 5.84. The van der Waals surface area contributed by atoms with Crippen molar-refractivity contribution in [2.24, 2.45) is 0 Å². The van der Waals surface area contributed by atoms with Crippen LogP contribution in [0.5, 0.6) is 0 Å². The van der Waals surface area contributed by atoms with Gasteiger partial charge >= 0.3 is 0 Å². The Hall–Kier alpha value is -1.60. The molecule has 0 saturated carbocycles. The first kappa shape index (κ1) is 17.7. The molecule has 2 N–H and O–H groups in total. The van der Waals surface area contributed by atoms with Crippen LogP contribution in [0.1, 0.15) is 31.4 Å². The summed E-state index contributed by atoms with van der Waals surface area (Å²) in [6.07, 6.45) is 1.04. The van der Waals surface area contributed by atoms with E-state index >= 15 is 0 Å². The summed E-state index contributed by atoms with van der Waals surface area (Å²) in [5, 5.41) is 14.9. The second-order valence-corrected chi connectivity index (χ2v) is 7.83. The fourth-order valence-electron chi connectivity index (χ4n) is 1.80. The molecule has 124 valence electrons. The number of thioether (sulfide) groups is 1. The predicted molar refractivity (Wildman–Crippen MR) is 97.0 cm³/mol. The molecule has 0 saturated heterocycles. The Kier molecular flexibility index (Phi) is 6.85. The van der Waals surface area contributed by atoms with Crippen molar-refractivity contribution in [2.45, 2.75) is 43.3 Å². The maximum atomic E-state index is 12.2.